The van der Waals surface area contributed by atoms with E-state index in [0.717, 1.165) is 37.1 Å². The summed E-state index contributed by atoms with van der Waals surface area (Å²) < 4.78 is 5.66. The van der Waals surface area contributed by atoms with Crippen LogP contribution in [0.1, 0.15) is 52.9 Å². The highest BCUT2D eigenvalue weighted by atomic mass is 16.5. The smallest absolute Gasteiger partial charge is 0.271 e. The molecule has 3 heterocycles. The Morgan fingerprint density at radius 1 is 1.17 bits per heavy atom. The number of amides is 1. The summed E-state index contributed by atoms with van der Waals surface area (Å²) in [4.78, 5) is 28.8. The Bertz CT molecular complexity index is 651. The number of ether oxygens (including phenoxy) is 1. The van der Waals surface area contributed by atoms with Gasteiger partial charge >= 0.3 is 0 Å². The average Bonchev–Trinajstić information content (AvgIpc) is 2.61. The number of aromatic nitrogens is 4. The second kappa shape index (κ2) is 7.23. The van der Waals surface area contributed by atoms with Gasteiger partial charge in [-0.1, -0.05) is 0 Å². The van der Waals surface area contributed by atoms with Crippen LogP contribution in [0.25, 0.3) is 0 Å². The van der Waals surface area contributed by atoms with Crippen LogP contribution in [0.5, 0.6) is 0 Å². The molecular formula is C16H19N5O2. The minimum atomic E-state index is -0.266. The molecule has 1 fully saturated rings. The van der Waals surface area contributed by atoms with Gasteiger partial charge in [0.2, 0.25) is 0 Å². The predicted molar refractivity (Wildman–Crippen MR) is 82.5 cm³/mol. The summed E-state index contributed by atoms with van der Waals surface area (Å²) in [6.45, 7) is 2.94. The van der Waals surface area contributed by atoms with Gasteiger partial charge in [-0.05, 0) is 26.2 Å². The summed E-state index contributed by atoms with van der Waals surface area (Å²) in [6.07, 6.45) is 9.67. The van der Waals surface area contributed by atoms with Gasteiger partial charge in [0, 0.05) is 37.3 Å². The molecule has 1 unspecified atom stereocenters. The zero-order valence-electron chi connectivity index (χ0n) is 13.0. The van der Waals surface area contributed by atoms with Crippen LogP contribution < -0.4 is 5.32 Å². The lowest BCUT2D eigenvalue weighted by molar-refractivity contribution is 0.00940. The minimum absolute atomic E-state index is 0.00442. The molecule has 1 aliphatic rings. The van der Waals surface area contributed by atoms with Crippen molar-refractivity contribution >= 4 is 5.91 Å². The van der Waals surface area contributed by atoms with Gasteiger partial charge in [0.15, 0.2) is 5.82 Å². The molecule has 120 valence electrons. The van der Waals surface area contributed by atoms with Gasteiger partial charge in [-0.3, -0.25) is 9.78 Å². The second-order valence-electron chi connectivity index (χ2n) is 5.53. The van der Waals surface area contributed by atoms with E-state index in [0.29, 0.717) is 18.1 Å². The normalized spacial score (nSPS) is 17.7. The zero-order valence-corrected chi connectivity index (χ0v) is 13.0. The summed E-state index contributed by atoms with van der Waals surface area (Å²) >= 11 is 0. The van der Waals surface area contributed by atoms with Crippen molar-refractivity contribution in [2.75, 3.05) is 6.61 Å². The van der Waals surface area contributed by atoms with Crippen molar-refractivity contribution in [1.29, 1.82) is 0 Å². The lowest BCUT2D eigenvalue weighted by Crippen LogP contribution is -2.24. The third-order valence-corrected chi connectivity index (χ3v) is 3.66. The maximum absolute atomic E-state index is 12.0. The first-order valence-corrected chi connectivity index (χ1v) is 7.71. The van der Waals surface area contributed by atoms with Gasteiger partial charge < -0.3 is 10.1 Å². The number of hydrogen-bond acceptors (Lipinski definition) is 6. The summed E-state index contributed by atoms with van der Waals surface area (Å²) in [7, 11) is 0. The monoisotopic (exact) mass is 313 g/mol. The molecule has 1 aliphatic heterocycles. The van der Waals surface area contributed by atoms with Crippen molar-refractivity contribution in [2.24, 2.45) is 0 Å². The van der Waals surface area contributed by atoms with Crippen LogP contribution in [0.15, 0.2) is 24.8 Å². The quantitative estimate of drug-likeness (QED) is 0.925. The lowest BCUT2D eigenvalue weighted by Gasteiger charge is -2.21. The van der Waals surface area contributed by atoms with Gasteiger partial charge in [-0.15, -0.1) is 0 Å². The number of carbonyl (C=O) groups is 1. The van der Waals surface area contributed by atoms with Crippen LogP contribution in [-0.4, -0.2) is 32.4 Å². The molecule has 2 aromatic heterocycles. The fourth-order valence-electron chi connectivity index (χ4n) is 2.35. The van der Waals surface area contributed by atoms with E-state index < -0.39 is 0 Å². The molecule has 2 aromatic rings. The first-order chi connectivity index (χ1) is 11.2. The topological polar surface area (TPSA) is 89.9 Å². The second-order valence-corrected chi connectivity index (χ2v) is 5.53. The number of rotatable bonds is 4. The van der Waals surface area contributed by atoms with Crippen molar-refractivity contribution in [3.63, 3.8) is 0 Å². The van der Waals surface area contributed by atoms with Crippen molar-refractivity contribution < 1.29 is 9.53 Å². The van der Waals surface area contributed by atoms with Gasteiger partial charge in [0.1, 0.15) is 11.8 Å². The van der Waals surface area contributed by atoms with Crippen LogP contribution in [0.3, 0.4) is 0 Å². The number of nitrogens with zero attached hydrogens (tertiary/aromatic N) is 4. The molecule has 0 bridgehead atoms. The first kappa shape index (κ1) is 15.5. The third kappa shape index (κ3) is 4.07. The van der Waals surface area contributed by atoms with Crippen molar-refractivity contribution in [3.8, 4) is 0 Å². The molecule has 23 heavy (non-hydrogen) atoms. The molecule has 1 atom stereocenters. The highest BCUT2D eigenvalue weighted by molar-refractivity contribution is 5.91. The van der Waals surface area contributed by atoms with E-state index in [1.54, 1.807) is 18.6 Å². The molecule has 0 aromatic carbocycles. The first-order valence-electron chi connectivity index (χ1n) is 7.71. The summed E-state index contributed by atoms with van der Waals surface area (Å²) in [6, 6.07) is 0. The molecule has 1 saturated heterocycles. The van der Waals surface area contributed by atoms with E-state index in [1.165, 1.54) is 6.20 Å². The van der Waals surface area contributed by atoms with E-state index in [9.17, 15) is 4.79 Å². The highest BCUT2D eigenvalue weighted by Crippen LogP contribution is 2.24. The largest absolute Gasteiger partial charge is 0.370 e. The summed E-state index contributed by atoms with van der Waals surface area (Å²) in [5.41, 5.74) is 1.90. The minimum Gasteiger partial charge on any atom is -0.370 e. The molecule has 0 radical (unpaired) electrons. The molecule has 3 rings (SSSR count). The lowest BCUT2D eigenvalue weighted by atomic mass is 10.1. The molecule has 0 aliphatic carbocycles. The van der Waals surface area contributed by atoms with Crippen molar-refractivity contribution in [1.82, 2.24) is 25.3 Å². The van der Waals surface area contributed by atoms with E-state index in [2.05, 4.69) is 25.3 Å². The van der Waals surface area contributed by atoms with E-state index in [4.69, 9.17) is 4.74 Å². The Morgan fingerprint density at radius 2 is 2.00 bits per heavy atom. The van der Waals surface area contributed by atoms with E-state index in [-0.39, 0.29) is 12.0 Å². The van der Waals surface area contributed by atoms with Crippen LogP contribution >= 0.6 is 0 Å². The maximum atomic E-state index is 12.0. The maximum Gasteiger partial charge on any atom is 0.271 e. The summed E-state index contributed by atoms with van der Waals surface area (Å²) in [5.74, 6) is 0.446. The van der Waals surface area contributed by atoms with Crippen LogP contribution in [-0.2, 0) is 11.3 Å². The molecular weight excluding hydrogens is 294 g/mol. The molecule has 0 saturated carbocycles. The van der Waals surface area contributed by atoms with Gasteiger partial charge in [-0.25, -0.2) is 15.0 Å². The zero-order chi connectivity index (χ0) is 16.1. The Kier molecular flexibility index (Phi) is 4.87. The average molecular weight is 313 g/mol. The van der Waals surface area contributed by atoms with Crippen molar-refractivity contribution in [2.45, 2.75) is 38.8 Å². The van der Waals surface area contributed by atoms with Gasteiger partial charge in [0.25, 0.3) is 5.91 Å². The molecule has 1 N–H and O–H groups in total. The highest BCUT2D eigenvalue weighted by Gasteiger charge is 2.18. The Hall–Kier alpha value is -2.41. The number of aryl methyl sites for hydroxylation is 1. The van der Waals surface area contributed by atoms with Gasteiger partial charge in [-0.2, -0.15) is 0 Å². The number of carbonyl (C=O) groups excluding carboxylic acids is 1. The molecule has 7 heteroatoms. The molecule has 0 spiro atoms. The summed E-state index contributed by atoms with van der Waals surface area (Å²) in [5, 5.41) is 2.78. The standard InChI is InChI=1S/C16H19N5O2/c1-11-6-18-13(10-17-11)16(22)21-9-12-7-19-15(20-8-12)14-4-2-3-5-23-14/h6-8,10,14H,2-5,9H2,1H3,(H,21,22). The van der Waals surface area contributed by atoms with E-state index in [1.807, 2.05) is 6.92 Å². The number of hydrogen-bond donors (Lipinski definition) is 1. The van der Waals surface area contributed by atoms with Crippen LogP contribution in [0.2, 0.25) is 0 Å². The third-order valence-electron chi connectivity index (χ3n) is 3.66. The SMILES string of the molecule is Cc1cnc(C(=O)NCc2cnc(C3CCCCO3)nc2)cn1. The van der Waals surface area contributed by atoms with Crippen LogP contribution in [0.4, 0.5) is 0 Å². The Balaban J connectivity index is 1.55. The van der Waals surface area contributed by atoms with Gasteiger partial charge in [0.05, 0.1) is 11.9 Å². The molecule has 7 nitrogen and oxygen atoms in total. The van der Waals surface area contributed by atoms with E-state index >= 15 is 0 Å². The number of nitrogens with one attached hydrogen (secondary N) is 1. The fourth-order valence-corrected chi connectivity index (χ4v) is 2.35. The predicted octanol–water partition coefficient (Wildman–Crippen LogP) is 1.75. The van der Waals surface area contributed by atoms with Crippen molar-refractivity contribution in [3.05, 3.63) is 47.6 Å². The fraction of sp³-hybridized carbons (Fsp3) is 0.438. The Morgan fingerprint density at radius 3 is 2.65 bits per heavy atom. The molecule has 1 amide bonds. The van der Waals surface area contributed by atoms with Crippen LogP contribution in [0, 0.1) is 6.92 Å². The Labute approximate surface area is 134 Å².